The highest BCUT2D eigenvalue weighted by Crippen LogP contribution is 2.21. The number of allylic oxidation sites excluding steroid dienone is 1. The Labute approximate surface area is 91.7 Å². The van der Waals surface area contributed by atoms with Crippen LogP contribution in [0, 0.1) is 11.8 Å². The number of primary amides is 1. The second-order valence-electron chi connectivity index (χ2n) is 3.89. The fraction of sp³-hybridized carbons (Fsp3) is 0.667. The van der Waals surface area contributed by atoms with Crippen molar-refractivity contribution in [3.05, 3.63) is 12.7 Å². The first kappa shape index (κ1) is 13.9. The fourth-order valence-corrected chi connectivity index (χ4v) is 1.76. The molecule has 0 saturated heterocycles. The van der Waals surface area contributed by atoms with Gasteiger partial charge in [0.05, 0.1) is 0 Å². The minimum absolute atomic E-state index is 0.105. The lowest BCUT2D eigenvalue weighted by Crippen LogP contribution is -2.34. The van der Waals surface area contributed by atoms with Gasteiger partial charge in [-0.05, 0) is 19.3 Å². The number of unbranched alkanes of at least 4 members (excludes halogenated alkanes) is 2. The van der Waals surface area contributed by atoms with Crippen LogP contribution in [-0.2, 0) is 9.59 Å². The molecular weight excluding hydrogens is 190 g/mol. The summed E-state index contributed by atoms with van der Waals surface area (Å²) in [5.74, 6) is -1.50. The SMILES string of the molecule is C=CC(CCCCC)C(C(C)=O)C(N)=O. The molecule has 0 aromatic heterocycles. The van der Waals surface area contributed by atoms with Crippen LogP contribution in [0.4, 0.5) is 0 Å². The Kier molecular flexibility index (Phi) is 6.67. The van der Waals surface area contributed by atoms with E-state index in [1.54, 1.807) is 6.08 Å². The first-order chi connectivity index (χ1) is 7.04. The zero-order chi connectivity index (χ0) is 11.8. The lowest BCUT2D eigenvalue weighted by atomic mass is 9.85. The van der Waals surface area contributed by atoms with Crippen molar-refractivity contribution in [3.8, 4) is 0 Å². The largest absolute Gasteiger partial charge is 0.369 e. The minimum atomic E-state index is -0.695. The van der Waals surface area contributed by atoms with E-state index in [-0.39, 0.29) is 11.7 Å². The Bertz CT molecular complexity index is 222. The van der Waals surface area contributed by atoms with E-state index < -0.39 is 11.8 Å². The Hall–Kier alpha value is -1.12. The Morgan fingerprint density at radius 1 is 1.40 bits per heavy atom. The molecule has 0 heterocycles. The quantitative estimate of drug-likeness (QED) is 0.379. The molecule has 0 radical (unpaired) electrons. The van der Waals surface area contributed by atoms with Crippen molar-refractivity contribution in [1.29, 1.82) is 0 Å². The summed E-state index contributed by atoms with van der Waals surface area (Å²) < 4.78 is 0. The van der Waals surface area contributed by atoms with Gasteiger partial charge in [-0.3, -0.25) is 9.59 Å². The molecule has 0 saturated carbocycles. The molecular formula is C12H21NO2. The lowest BCUT2D eigenvalue weighted by Gasteiger charge is -2.18. The van der Waals surface area contributed by atoms with E-state index >= 15 is 0 Å². The van der Waals surface area contributed by atoms with E-state index in [0.29, 0.717) is 0 Å². The average molecular weight is 211 g/mol. The van der Waals surface area contributed by atoms with Gasteiger partial charge in [0, 0.05) is 0 Å². The van der Waals surface area contributed by atoms with Gasteiger partial charge >= 0.3 is 0 Å². The van der Waals surface area contributed by atoms with Crippen molar-refractivity contribution >= 4 is 11.7 Å². The number of hydrogen-bond donors (Lipinski definition) is 1. The summed E-state index contributed by atoms with van der Waals surface area (Å²) in [6.45, 7) is 7.18. The highest BCUT2D eigenvalue weighted by molar-refractivity contribution is 6.00. The highest BCUT2D eigenvalue weighted by atomic mass is 16.2. The Morgan fingerprint density at radius 3 is 2.33 bits per heavy atom. The lowest BCUT2D eigenvalue weighted by molar-refractivity contribution is -0.132. The summed E-state index contributed by atoms with van der Waals surface area (Å²) in [5.41, 5.74) is 5.21. The number of ketones is 1. The third-order valence-electron chi connectivity index (χ3n) is 2.62. The van der Waals surface area contributed by atoms with Crippen molar-refractivity contribution < 1.29 is 9.59 Å². The normalized spacial score (nSPS) is 14.3. The Morgan fingerprint density at radius 2 is 2.00 bits per heavy atom. The van der Waals surface area contributed by atoms with Crippen LogP contribution in [0.25, 0.3) is 0 Å². The van der Waals surface area contributed by atoms with Crippen LogP contribution >= 0.6 is 0 Å². The number of hydrogen-bond acceptors (Lipinski definition) is 2. The van der Waals surface area contributed by atoms with Crippen LogP contribution < -0.4 is 5.73 Å². The summed E-state index contributed by atoms with van der Waals surface area (Å²) in [4.78, 5) is 22.4. The van der Waals surface area contributed by atoms with Crippen molar-refractivity contribution in [1.82, 2.24) is 0 Å². The maximum Gasteiger partial charge on any atom is 0.228 e. The second-order valence-corrected chi connectivity index (χ2v) is 3.89. The van der Waals surface area contributed by atoms with Gasteiger partial charge in [0.25, 0.3) is 0 Å². The molecule has 15 heavy (non-hydrogen) atoms. The molecule has 0 rings (SSSR count). The van der Waals surface area contributed by atoms with Crippen molar-refractivity contribution in [2.45, 2.75) is 39.5 Å². The van der Waals surface area contributed by atoms with Crippen molar-refractivity contribution in [3.63, 3.8) is 0 Å². The molecule has 86 valence electrons. The molecule has 2 atom stereocenters. The molecule has 0 aromatic carbocycles. The van der Waals surface area contributed by atoms with Crippen LogP contribution in [0.1, 0.15) is 39.5 Å². The highest BCUT2D eigenvalue weighted by Gasteiger charge is 2.27. The zero-order valence-electron chi connectivity index (χ0n) is 9.66. The van der Waals surface area contributed by atoms with Crippen LogP contribution in [-0.4, -0.2) is 11.7 Å². The smallest absolute Gasteiger partial charge is 0.228 e. The maximum atomic E-state index is 11.3. The number of carbonyl (C=O) groups is 2. The topological polar surface area (TPSA) is 60.2 Å². The predicted molar refractivity (Wildman–Crippen MR) is 61.2 cm³/mol. The summed E-state index contributed by atoms with van der Waals surface area (Å²) in [6.07, 6.45) is 5.71. The molecule has 0 aliphatic heterocycles. The molecule has 0 aliphatic carbocycles. The summed E-state index contributed by atoms with van der Waals surface area (Å²) in [6, 6.07) is 0. The predicted octanol–water partition coefficient (Wildman–Crippen LogP) is 2.06. The molecule has 0 bridgehead atoms. The van der Waals surface area contributed by atoms with Gasteiger partial charge in [0.15, 0.2) is 0 Å². The first-order valence-corrected chi connectivity index (χ1v) is 5.46. The molecule has 0 aromatic rings. The summed E-state index contributed by atoms with van der Waals surface area (Å²) >= 11 is 0. The van der Waals surface area contributed by atoms with E-state index in [4.69, 9.17) is 5.73 Å². The molecule has 2 unspecified atom stereocenters. The Balaban J connectivity index is 4.39. The van der Waals surface area contributed by atoms with Gasteiger partial charge in [-0.2, -0.15) is 0 Å². The molecule has 0 spiro atoms. The number of amides is 1. The van der Waals surface area contributed by atoms with Gasteiger partial charge in [-0.1, -0.05) is 32.3 Å². The van der Waals surface area contributed by atoms with Crippen molar-refractivity contribution in [2.75, 3.05) is 0 Å². The van der Waals surface area contributed by atoms with E-state index in [1.165, 1.54) is 6.92 Å². The van der Waals surface area contributed by atoms with Crippen molar-refractivity contribution in [2.24, 2.45) is 17.6 Å². The van der Waals surface area contributed by atoms with Crippen LogP contribution in [0.3, 0.4) is 0 Å². The number of rotatable bonds is 8. The first-order valence-electron chi connectivity index (χ1n) is 5.46. The molecule has 2 N–H and O–H groups in total. The summed E-state index contributed by atoms with van der Waals surface area (Å²) in [7, 11) is 0. The zero-order valence-corrected chi connectivity index (χ0v) is 9.66. The third-order valence-corrected chi connectivity index (χ3v) is 2.62. The van der Waals surface area contributed by atoms with Gasteiger partial charge in [0.2, 0.25) is 5.91 Å². The van der Waals surface area contributed by atoms with Gasteiger partial charge < -0.3 is 5.73 Å². The van der Waals surface area contributed by atoms with E-state index in [1.807, 2.05) is 0 Å². The van der Waals surface area contributed by atoms with E-state index in [9.17, 15) is 9.59 Å². The molecule has 0 fully saturated rings. The van der Waals surface area contributed by atoms with Gasteiger partial charge in [0.1, 0.15) is 11.7 Å². The molecule has 0 aliphatic rings. The monoisotopic (exact) mass is 211 g/mol. The molecule has 3 heteroatoms. The number of nitrogens with two attached hydrogens (primary N) is 1. The summed E-state index contributed by atoms with van der Waals surface area (Å²) in [5, 5.41) is 0. The fourth-order valence-electron chi connectivity index (χ4n) is 1.76. The van der Waals surface area contributed by atoms with E-state index in [2.05, 4.69) is 13.5 Å². The minimum Gasteiger partial charge on any atom is -0.369 e. The molecule has 3 nitrogen and oxygen atoms in total. The van der Waals surface area contributed by atoms with Gasteiger partial charge in [-0.15, -0.1) is 6.58 Å². The number of Topliss-reactive ketones (excluding diaryl/α,β-unsaturated/α-hetero) is 1. The standard InChI is InChI=1S/C12H21NO2/c1-4-6-7-8-10(5-2)11(9(3)14)12(13)15/h5,10-11H,2,4,6-8H2,1,3H3,(H2,13,15). The molecule has 1 amide bonds. The van der Waals surface area contributed by atoms with Crippen LogP contribution in [0.5, 0.6) is 0 Å². The maximum absolute atomic E-state index is 11.3. The van der Waals surface area contributed by atoms with Gasteiger partial charge in [-0.25, -0.2) is 0 Å². The number of carbonyl (C=O) groups excluding carboxylic acids is 2. The average Bonchev–Trinajstić information content (AvgIpc) is 2.15. The third kappa shape index (κ3) is 4.77. The van der Waals surface area contributed by atoms with Crippen LogP contribution in [0.15, 0.2) is 12.7 Å². The van der Waals surface area contributed by atoms with E-state index in [0.717, 1.165) is 25.7 Å². The van der Waals surface area contributed by atoms with Crippen LogP contribution in [0.2, 0.25) is 0 Å². The second kappa shape index (κ2) is 7.21.